The van der Waals surface area contributed by atoms with E-state index in [0.29, 0.717) is 12.1 Å². The van der Waals surface area contributed by atoms with Crippen LogP contribution in [-0.4, -0.2) is 28.0 Å². The maximum Gasteiger partial charge on any atom is 0.125 e. The highest BCUT2D eigenvalue weighted by Crippen LogP contribution is 2.44. The molecule has 2 aliphatic heterocycles. The molecule has 1 aromatic carbocycles. The van der Waals surface area contributed by atoms with Crippen LogP contribution in [0.1, 0.15) is 52.7 Å². The number of aromatic nitrogens is 2. The van der Waals surface area contributed by atoms with E-state index in [-0.39, 0.29) is 0 Å². The number of benzene rings is 1. The molecular formula is C20H25N3O. The van der Waals surface area contributed by atoms with E-state index in [1.807, 2.05) is 6.92 Å². The lowest BCUT2D eigenvalue weighted by atomic mass is 9.97. The zero-order valence-electron chi connectivity index (χ0n) is 15.0. The Morgan fingerprint density at radius 1 is 1.17 bits per heavy atom. The van der Waals surface area contributed by atoms with E-state index < -0.39 is 0 Å². The largest absolute Gasteiger partial charge is 0.496 e. The van der Waals surface area contributed by atoms with Crippen molar-refractivity contribution in [3.63, 3.8) is 0 Å². The third-order valence-electron chi connectivity index (χ3n) is 5.66. The van der Waals surface area contributed by atoms with Gasteiger partial charge in [0, 0.05) is 36.8 Å². The van der Waals surface area contributed by atoms with Crippen molar-refractivity contribution in [2.24, 2.45) is 0 Å². The van der Waals surface area contributed by atoms with Crippen molar-refractivity contribution < 1.29 is 4.74 Å². The lowest BCUT2D eigenvalue weighted by Gasteiger charge is -2.36. The van der Waals surface area contributed by atoms with Gasteiger partial charge in [-0.3, -0.25) is 4.90 Å². The van der Waals surface area contributed by atoms with Gasteiger partial charge in [0.2, 0.25) is 0 Å². The summed E-state index contributed by atoms with van der Waals surface area (Å²) in [4.78, 5) is 11.8. The molecule has 1 fully saturated rings. The van der Waals surface area contributed by atoms with Crippen LogP contribution in [0.2, 0.25) is 0 Å². The molecule has 0 amide bonds. The molecule has 0 aliphatic carbocycles. The van der Waals surface area contributed by atoms with E-state index in [9.17, 15) is 0 Å². The SMILES string of the molecule is COc1cc(C)c(CN2[C@@H]3CC[C@@H]2c2cnc(C)nc2C3)cc1C. The number of fused-ring (bicyclic) bond motifs is 4. The molecule has 0 spiro atoms. The number of aryl methyl sites for hydroxylation is 3. The highest BCUT2D eigenvalue weighted by molar-refractivity contribution is 5.42. The summed E-state index contributed by atoms with van der Waals surface area (Å²) in [5.41, 5.74) is 6.54. The number of rotatable bonds is 3. The van der Waals surface area contributed by atoms with Crippen LogP contribution in [0.15, 0.2) is 18.3 Å². The number of hydrogen-bond donors (Lipinski definition) is 0. The highest BCUT2D eigenvalue weighted by atomic mass is 16.5. The second-order valence-corrected chi connectivity index (χ2v) is 7.19. The summed E-state index contributed by atoms with van der Waals surface area (Å²) in [6.45, 7) is 7.29. The Balaban J connectivity index is 1.65. The van der Waals surface area contributed by atoms with Crippen LogP contribution in [0, 0.1) is 20.8 Å². The molecule has 1 aromatic heterocycles. The van der Waals surface area contributed by atoms with Crippen molar-refractivity contribution in [3.05, 3.63) is 52.1 Å². The first kappa shape index (κ1) is 15.6. The molecule has 0 N–H and O–H groups in total. The molecule has 0 saturated carbocycles. The molecule has 4 heteroatoms. The second-order valence-electron chi connectivity index (χ2n) is 7.19. The standard InChI is InChI=1S/C20H25N3O/c1-12-8-20(24-4)13(2)7-15(12)11-23-16-5-6-19(23)17-10-21-14(3)22-18(17)9-16/h7-8,10,16,19H,5-6,9,11H2,1-4H3/t16-,19-/m1/s1. The van der Waals surface area contributed by atoms with E-state index in [0.717, 1.165) is 24.5 Å². The Morgan fingerprint density at radius 3 is 2.79 bits per heavy atom. The summed E-state index contributed by atoms with van der Waals surface area (Å²) in [6, 6.07) is 5.53. The van der Waals surface area contributed by atoms with Crippen LogP contribution >= 0.6 is 0 Å². The summed E-state index contributed by atoms with van der Waals surface area (Å²) in [5.74, 6) is 1.87. The molecule has 1 saturated heterocycles. The molecule has 0 unspecified atom stereocenters. The van der Waals surface area contributed by atoms with E-state index in [1.54, 1.807) is 7.11 Å². The Labute approximate surface area is 143 Å². The van der Waals surface area contributed by atoms with Gasteiger partial charge in [-0.05, 0) is 56.4 Å². The normalized spacial score (nSPS) is 22.5. The summed E-state index contributed by atoms with van der Waals surface area (Å²) in [6.07, 6.45) is 5.60. The highest BCUT2D eigenvalue weighted by Gasteiger charge is 2.40. The third-order valence-corrected chi connectivity index (χ3v) is 5.66. The zero-order valence-corrected chi connectivity index (χ0v) is 15.0. The van der Waals surface area contributed by atoms with Gasteiger partial charge in [-0.1, -0.05) is 6.07 Å². The molecule has 24 heavy (non-hydrogen) atoms. The lowest BCUT2D eigenvalue weighted by Crippen LogP contribution is -2.37. The fourth-order valence-corrected chi connectivity index (χ4v) is 4.36. The maximum absolute atomic E-state index is 5.45. The van der Waals surface area contributed by atoms with Crippen LogP contribution in [0.4, 0.5) is 0 Å². The number of hydrogen-bond acceptors (Lipinski definition) is 4. The van der Waals surface area contributed by atoms with Crippen molar-refractivity contribution in [1.82, 2.24) is 14.9 Å². The molecule has 4 rings (SSSR count). The summed E-state index contributed by atoms with van der Waals surface area (Å²) in [7, 11) is 1.74. The van der Waals surface area contributed by atoms with Gasteiger partial charge in [0.05, 0.1) is 12.8 Å². The molecule has 2 aliphatic rings. The molecule has 2 atom stereocenters. The fraction of sp³-hybridized carbons (Fsp3) is 0.500. The average Bonchev–Trinajstić information content (AvgIpc) is 2.83. The lowest BCUT2D eigenvalue weighted by molar-refractivity contribution is 0.165. The van der Waals surface area contributed by atoms with Crippen molar-refractivity contribution in [3.8, 4) is 5.75 Å². The van der Waals surface area contributed by atoms with Gasteiger partial charge >= 0.3 is 0 Å². The zero-order chi connectivity index (χ0) is 16.8. The minimum absolute atomic E-state index is 0.473. The Bertz CT molecular complexity index is 787. The average molecular weight is 323 g/mol. The van der Waals surface area contributed by atoms with E-state index in [1.165, 1.54) is 40.8 Å². The molecular weight excluding hydrogens is 298 g/mol. The van der Waals surface area contributed by atoms with Crippen LogP contribution < -0.4 is 4.74 Å². The fourth-order valence-electron chi connectivity index (χ4n) is 4.36. The second kappa shape index (κ2) is 5.85. The van der Waals surface area contributed by atoms with Gasteiger partial charge in [-0.25, -0.2) is 9.97 Å². The van der Waals surface area contributed by atoms with Crippen LogP contribution in [0.5, 0.6) is 5.75 Å². The van der Waals surface area contributed by atoms with Gasteiger partial charge in [-0.2, -0.15) is 0 Å². The van der Waals surface area contributed by atoms with E-state index >= 15 is 0 Å². The smallest absolute Gasteiger partial charge is 0.125 e. The molecule has 126 valence electrons. The topological polar surface area (TPSA) is 38.2 Å². The predicted octanol–water partition coefficient (Wildman–Crippen LogP) is 3.67. The summed E-state index contributed by atoms with van der Waals surface area (Å²) >= 11 is 0. The van der Waals surface area contributed by atoms with Gasteiger partial charge in [-0.15, -0.1) is 0 Å². The minimum atomic E-state index is 0.473. The summed E-state index contributed by atoms with van der Waals surface area (Å²) < 4.78 is 5.45. The van der Waals surface area contributed by atoms with Gasteiger partial charge in [0.1, 0.15) is 11.6 Å². The Kier molecular flexibility index (Phi) is 3.80. The van der Waals surface area contributed by atoms with Crippen LogP contribution in [0.25, 0.3) is 0 Å². The predicted molar refractivity (Wildman–Crippen MR) is 94.2 cm³/mol. The van der Waals surface area contributed by atoms with Crippen molar-refractivity contribution in [2.45, 2.75) is 58.7 Å². The number of ether oxygens (including phenoxy) is 1. The molecule has 3 heterocycles. The first-order chi connectivity index (χ1) is 11.6. The van der Waals surface area contributed by atoms with Crippen molar-refractivity contribution >= 4 is 0 Å². The molecule has 0 radical (unpaired) electrons. The first-order valence-corrected chi connectivity index (χ1v) is 8.79. The summed E-state index contributed by atoms with van der Waals surface area (Å²) in [5, 5.41) is 0. The van der Waals surface area contributed by atoms with Gasteiger partial charge < -0.3 is 4.74 Å². The van der Waals surface area contributed by atoms with E-state index in [2.05, 4.69) is 42.1 Å². The molecule has 2 aromatic rings. The first-order valence-electron chi connectivity index (χ1n) is 8.79. The number of nitrogens with zero attached hydrogens (tertiary/aromatic N) is 3. The van der Waals surface area contributed by atoms with Gasteiger partial charge in [0.15, 0.2) is 0 Å². The number of methoxy groups -OCH3 is 1. The maximum atomic E-state index is 5.45. The monoisotopic (exact) mass is 323 g/mol. The quantitative estimate of drug-likeness (QED) is 0.864. The molecule has 2 bridgehead atoms. The molecule has 4 nitrogen and oxygen atoms in total. The van der Waals surface area contributed by atoms with Crippen molar-refractivity contribution in [2.75, 3.05) is 7.11 Å². The van der Waals surface area contributed by atoms with Crippen molar-refractivity contribution in [1.29, 1.82) is 0 Å². The van der Waals surface area contributed by atoms with Crippen LogP contribution in [0.3, 0.4) is 0 Å². The van der Waals surface area contributed by atoms with Crippen LogP contribution in [-0.2, 0) is 13.0 Å². The minimum Gasteiger partial charge on any atom is -0.496 e. The van der Waals surface area contributed by atoms with Gasteiger partial charge in [0.25, 0.3) is 0 Å². The third kappa shape index (κ3) is 2.49. The van der Waals surface area contributed by atoms with E-state index in [4.69, 9.17) is 9.72 Å². The Hall–Kier alpha value is -1.94. The Morgan fingerprint density at radius 2 is 2.00 bits per heavy atom.